The minimum atomic E-state index is 0.368. The monoisotopic (exact) mass is 627 g/mol. The van der Waals surface area contributed by atoms with Crippen molar-refractivity contribution in [3.8, 4) is 17.2 Å². The molecule has 3 aliphatic rings. The van der Waals surface area contributed by atoms with Crippen LogP contribution in [0, 0.1) is 17.8 Å². The van der Waals surface area contributed by atoms with Gasteiger partial charge in [0.2, 0.25) is 5.95 Å². The fourth-order valence-corrected chi connectivity index (χ4v) is 9.24. The summed E-state index contributed by atoms with van der Waals surface area (Å²) in [4.78, 5) is 10.7. The standard InChI is InChI=1S/C43H37N3S/c1-26-21-35-32-18-10-12-20-41(32)47-42(35)36(22-26)33-24-34-31-17-9-11-19-39(31)46(40(34)23-28(33)3)43-44-37(29-14-5-4-6-15-29)25-38(45-43)30-16-8-7-13-27(30)2/h4-12,14-21,24-28H,13,22-23H2,1-3H3. The van der Waals surface area contributed by atoms with E-state index in [2.05, 4.69) is 141 Å². The molecular formula is C43H37N3S. The van der Waals surface area contributed by atoms with Crippen molar-refractivity contribution in [2.75, 3.05) is 0 Å². The van der Waals surface area contributed by atoms with Crippen molar-refractivity contribution >= 4 is 55.6 Å². The van der Waals surface area contributed by atoms with Crippen LogP contribution in [0.3, 0.4) is 0 Å². The molecule has 0 saturated carbocycles. The Labute approximate surface area is 279 Å². The molecule has 3 nitrogen and oxygen atoms in total. The van der Waals surface area contributed by atoms with E-state index >= 15 is 0 Å². The zero-order chi connectivity index (χ0) is 31.6. The van der Waals surface area contributed by atoms with Crippen LogP contribution in [0.2, 0.25) is 0 Å². The third-order valence-corrected chi connectivity index (χ3v) is 11.5. The van der Waals surface area contributed by atoms with Gasteiger partial charge in [-0.05, 0) is 83.2 Å². The molecule has 0 bridgehead atoms. The molecule has 0 aliphatic heterocycles. The molecule has 230 valence electrons. The lowest BCUT2D eigenvalue weighted by Gasteiger charge is -2.27. The molecule has 6 aromatic rings. The van der Waals surface area contributed by atoms with Crippen LogP contribution < -0.4 is 9.75 Å². The first-order chi connectivity index (χ1) is 23.0. The number of benzene rings is 3. The van der Waals surface area contributed by atoms with E-state index in [0.29, 0.717) is 17.8 Å². The molecule has 3 heterocycles. The number of fused-ring (bicyclic) bond motifs is 6. The number of para-hydroxylation sites is 1. The predicted molar refractivity (Wildman–Crippen MR) is 199 cm³/mol. The van der Waals surface area contributed by atoms with Gasteiger partial charge in [-0.15, -0.1) is 11.3 Å². The first kappa shape index (κ1) is 28.4. The summed E-state index contributed by atoms with van der Waals surface area (Å²) in [7, 11) is 0. The van der Waals surface area contributed by atoms with E-state index in [9.17, 15) is 0 Å². The van der Waals surface area contributed by atoms with Crippen LogP contribution in [0.5, 0.6) is 0 Å². The Morgan fingerprint density at radius 3 is 2.38 bits per heavy atom. The Balaban J connectivity index is 1.29. The Morgan fingerprint density at radius 1 is 0.766 bits per heavy atom. The zero-order valence-electron chi connectivity index (χ0n) is 27.1. The van der Waals surface area contributed by atoms with E-state index in [1.54, 1.807) is 0 Å². The molecule has 3 aromatic heterocycles. The summed E-state index contributed by atoms with van der Waals surface area (Å²) >= 11 is 1.96. The molecular weight excluding hydrogens is 591 g/mol. The van der Waals surface area contributed by atoms with E-state index in [1.807, 2.05) is 11.3 Å². The Hall–Kier alpha value is -4.80. The largest absolute Gasteiger partial charge is 0.282 e. The molecule has 0 fully saturated rings. The van der Waals surface area contributed by atoms with Crippen LogP contribution >= 0.6 is 11.3 Å². The highest BCUT2D eigenvalue weighted by atomic mass is 32.1. The highest BCUT2D eigenvalue weighted by molar-refractivity contribution is 7.17. The molecule has 0 amide bonds. The van der Waals surface area contributed by atoms with Crippen LogP contribution in [0.4, 0.5) is 0 Å². The van der Waals surface area contributed by atoms with Crippen LogP contribution in [0.25, 0.3) is 61.5 Å². The van der Waals surface area contributed by atoms with Crippen molar-refractivity contribution in [1.29, 1.82) is 0 Å². The van der Waals surface area contributed by atoms with E-state index in [0.717, 1.165) is 42.2 Å². The molecule has 0 radical (unpaired) electrons. The van der Waals surface area contributed by atoms with Crippen molar-refractivity contribution in [2.45, 2.75) is 40.0 Å². The lowest BCUT2D eigenvalue weighted by Crippen LogP contribution is -2.29. The molecule has 0 N–H and O–H groups in total. The van der Waals surface area contributed by atoms with Crippen molar-refractivity contribution in [3.05, 3.63) is 135 Å². The first-order valence-electron chi connectivity index (χ1n) is 16.9. The minimum Gasteiger partial charge on any atom is -0.282 e. The molecule has 3 aromatic carbocycles. The molecule has 0 spiro atoms. The summed E-state index contributed by atoms with van der Waals surface area (Å²) in [6, 6.07) is 30.5. The first-order valence-corrected chi connectivity index (χ1v) is 17.7. The Morgan fingerprint density at radius 2 is 1.53 bits per heavy atom. The number of thiophene rings is 1. The third kappa shape index (κ3) is 4.69. The molecule has 47 heavy (non-hydrogen) atoms. The number of aromatic nitrogens is 3. The van der Waals surface area contributed by atoms with Crippen molar-refractivity contribution in [1.82, 2.24) is 14.5 Å². The number of hydrogen-bond acceptors (Lipinski definition) is 3. The van der Waals surface area contributed by atoms with Gasteiger partial charge in [-0.2, -0.15) is 0 Å². The van der Waals surface area contributed by atoms with Crippen LogP contribution in [0.15, 0.2) is 109 Å². The molecule has 3 unspecified atom stereocenters. The highest BCUT2D eigenvalue weighted by Gasteiger charge is 2.30. The average Bonchev–Trinajstić information content (AvgIpc) is 3.63. The van der Waals surface area contributed by atoms with Gasteiger partial charge < -0.3 is 0 Å². The molecule has 3 aliphatic carbocycles. The maximum Gasteiger partial charge on any atom is 0.235 e. The summed E-state index contributed by atoms with van der Waals surface area (Å²) in [6.07, 6.45) is 14.7. The number of rotatable bonds is 4. The fourth-order valence-electron chi connectivity index (χ4n) is 7.98. The van der Waals surface area contributed by atoms with Gasteiger partial charge in [0.05, 0.1) is 16.9 Å². The number of allylic oxidation sites excluding steroid dienone is 5. The molecule has 0 saturated heterocycles. The van der Waals surface area contributed by atoms with Crippen LogP contribution in [0.1, 0.15) is 50.6 Å². The normalized spacial score (nSPS) is 20.5. The third-order valence-electron chi connectivity index (χ3n) is 10.3. The van der Waals surface area contributed by atoms with E-state index in [-0.39, 0.29) is 0 Å². The van der Waals surface area contributed by atoms with Gasteiger partial charge >= 0.3 is 0 Å². The Bertz CT molecular complexity index is 2440. The SMILES string of the molecule is CC1C=c2c(sc3ccccc23)=C(C2=Cc3c(n(-c4nc(C5=CC=CCC5C)cc(-c5ccccc5)n4)c4ccccc34)CC2C)C1. The summed E-state index contributed by atoms with van der Waals surface area (Å²) in [5.74, 6) is 2.03. The van der Waals surface area contributed by atoms with Crippen LogP contribution in [-0.4, -0.2) is 14.5 Å². The predicted octanol–water partition coefficient (Wildman–Crippen LogP) is 9.53. The maximum absolute atomic E-state index is 5.35. The Kier molecular flexibility index (Phi) is 6.76. The average molecular weight is 628 g/mol. The van der Waals surface area contributed by atoms with E-state index < -0.39 is 0 Å². The highest BCUT2D eigenvalue weighted by Crippen LogP contribution is 2.42. The molecule has 9 rings (SSSR count). The van der Waals surface area contributed by atoms with Gasteiger partial charge in [0.15, 0.2) is 0 Å². The van der Waals surface area contributed by atoms with Gasteiger partial charge in [-0.25, -0.2) is 9.97 Å². The smallest absolute Gasteiger partial charge is 0.235 e. The summed E-state index contributed by atoms with van der Waals surface area (Å²) in [5.41, 5.74) is 11.2. The van der Waals surface area contributed by atoms with Crippen molar-refractivity contribution in [2.24, 2.45) is 17.8 Å². The summed E-state index contributed by atoms with van der Waals surface area (Å²) in [5, 5.41) is 4.09. The topological polar surface area (TPSA) is 30.7 Å². The van der Waals surface area contributed by atoms with Gasteiger partial charge in [-0.1, -0.05) is 112 Å². The number of nitrogens with zero attached hydrogens (tertiary/aromatic N) is 3. The zero-order valence-corrected chi connectivity index (χ0v) is 27.9. The summed E-state index contributed by atoms with van der Waals surface area (Å²) in [6.45, 7) is 7.07. The van der Waals surface area contributed by atoms with E-state index in [4.69, 9.17) is 9.97 Å². The lowest BCUT2D eigenvalue weighted by molar-refractivity contribution is 0.652. The molecule has 3 atom stereocenters. The van der Waals surface area contributed by atoms with Gasteiger partial charge in [-0.3, -0.25) is 4.57 Å². The quantitative estimate of drug-likeness (QED) is 0.195. The summed E-state index contributed by atoms with van der Waals surface area (Å²) < 4.78 is 5.20. The van der Waals surface area contributed by atoms with Crippen molar-refractivity contribution in [3.63, 3.8) is 0 Å². The van der Waals surface area contributed by atoms with Gasteiger partial charge in [0.1, 0.15) is 0 Å². The second kappa shape index (κ2) is 11.2. The second-order valence-electron chi connectivity index (χ2n) is 13.6. The van der Waals surface area contributed by atoms with E-state index in [1.165, 1.54) is 58.7 Å². The fraction of sp³-hybridized carbons (Fsp3) is 0.209. The van der Waals surface area contributed by atoms with Gasteiger partial charge in [0, 0.05) is 36.8 Å². The maximum atomic E-state index is 5.35. The molecule has 4 heteroatoms. The van der Waals surface area contributed by atoms with Crippen LogP contribution in [-0.2, 0) is 6.42 Å². The second-order valence-corrected chi connectivity index (χ2v) is 14.6. The van der Waals surface area contributed by atoms with Crippen molar-refractivity contribution < 1.29 is 0 Å². The van der Waals surface area contributed by atoms with Gasteiger partial charge in [0.25, 0.3) is 0 Å². The number of hydrogen-bond donors (Lipinski definition) is 0. The lowest BCUT2D eigenvalue weighted by atomic mass is 9.79. The minimum absolute atomic E-state index is 0.368.